The summed E-state index contributed by atoms with van der Waals surface area (Å²) in [6.07, 6.45) is 0. The molecule has 1 nitrogen and oxygen atoms in total. The van der Waals surface area contributed by atoms with Crippen molar-refractivity contribution in [2.24, 2.45) is 0 Å². The molecule has 0 aliphatic rings. The second-order valence-electron chi connectivity index (χ2n) is 11.8. The fourth-order valence-electron chi connectivity index (χ4n) is 6.81. The molecule has 0 saturated carbocycles. The van der Waals surface area contributed by atoms with Crippen molar-refractivity contribution in [1.29, 1.82) is 0 Å². The van der Waals surface area contributed by atoms with Crippen molar-refractivity contribution < 1.29 is 0 Å². The number of para-hydroxylation sites is 1. The lowest BCUT2D eigenvalue weighted by molar-refractivity contribution is 1.29. The highest BCUT2D eigenvalue weighted by Crippen LogP contribution is 2.44. The van der Waals surface area contributed by atoms with E-state index in [0.29, 0.717) is 0 Å². The quantitative estimate of drug-likeness (QED) is 0.189. The van der Waals surface area contributed by atoms with Crippen LogP contribution < -0.4 is 4.90 Å². The molecule has 0 atom stereocenters. The van der Waals surface area contributed by atoms with Gasteiger partial charge in [-0.3, -0.25) is 0 Å². The summed E-state index contributed by atoms with van der Waals surface area (Å²) in [6, 6.07) is 64.0. The summed E-state index contributed by atoms with van der Waals surface area (Å²) in [7, 11) is 0. The van der Waals surface area contributed by atoms with Gasteiger partial charge in [0.15, 0.2) is 0 Å². The van der Waals surface area contributed by atoms with Gasteiger partial charge in [0.25, 0.3) is 0 Å². The number of hydrogen-bond donors (Lipinski definition) is 0. The molecule has 9 rings (SSSR count). The number of rotatable bonds is 5. The fraction of sp³-hybridized carbons (Fsp3) is 0. The number of benzene rings is 8. The first kappa shape index (κ1) is 26.7. The molecule has 2 heteroatoms. The van der Waals surface area contributed by atoms with Crippen LogP contribution in [0.2, 0.25) is 0 Å². The molecule has 0 saturated heterocycles. The van der Waals surface area contributed by atoms with Crippen LogP contribution in [0, 0.1) is 0 Å². The van der Waals surface area contributed by atoms with Crippen LogP contribution in [-0.2, 0) is 0 Å². The van der Waals surface area contributed by atoms with Crippen LogP contribution in [0.4, 0.5) is 17.1 Å². The summed E-state index contributed by atoms with van der Waals surface area (Å²) in [5.74, 6) is 0. The molecule has 0 radical (unpaired) electrons. The Morgan fingerprint density at radius 3 is 1.91 bits per heavy atom. The highest BCUT2D eigenvalue weighted by Gasteiger charge is 2.19. The van der Waals surface area contributed by atoms with E-state index in [-0.39, 0.29) is 0 Å². The largest absolute Gasteiger partial charge is 0.310 e. The van der Waals surface area contributed by atoms with Gasteiger partial charge in [-0.05, 0) is 86.8 Å². The van der Waals surface area contributed by atoms with Crippen LogP contribution in [-0.4, -0.2) is 0 Å². The standard InChI is InChI=1S/C44H29NS/c1-2-11-30(12-3-1)31-21-24-35(25-22-31)45(42-19-8-6-16-39(42)38-18-10-14-32-13-4-5-15-37(32)38)36-26-23-33-28-41-40-17-7-9-20-43(40)46-44(41)29-34(33)27-36/h1-29H. The number of fused-ring (bicyclic) bond motifs is 5. The van der Waals surface area contributed by atoms with Crippen LogP contribution in [0.15, 0.2) is 176 Å². The molecule has 0 spiro atoms. The van der Waals surface area contributed by atoms with E-state index in [1.54, 1.807) is 0 Å². The maximum absolute atomic E-state index is 2.42. The average molecular weight is 604 g/mol. The summed E-state index contributed by atoms with van der Waals surface area (Å²) in [5, 5.41) is 7.65. The van der Waals surface area contributed by atoms with Crippen molar-refractivity contribution in [2.45, 2.75) is 0 Å². The third kappa shape index (κ3) is 4.54. The van der Waals surface area contributed by atoms with E-state index in [9.17, 15) is 0 Å². The molecule has 0 bridgehead atoms. The van der Waals surface area contributed by atoms with Gasteiger partial charge < -0.3 is 4.90 Å². The van der Waals surface area contributed by atoms with Crippen LogP contribution in [0.1, 0.15) is 0 Å². The van der Waals surface area contributed by atoms with E-state index in [1.807, 2.05) is 11.3 Å². The fourth-order valence-corrected chi connectivity index (χ4v) is 7.95. The Kier molecular flexibility index (Phi) is 6.40. The number of nitrogens with zero attached hydrogens (tertiary/aromatic N) is 1. The minimum absolute atomic E-state index is 1.12. The van der Waals surface area contributed by atoms with Gasteiger partial charge in [0, 0.05) is 37.1 Å². The van der Waals surface area contributed by atoms with E-state index in [4.69, 9.17) is 0 Å². The van der Waals surface area contributed by atoms with Gasteiger partial charge in [-0.25, -0.2) is 0 Å². The molecule has 216 valence electrons. The minimum Gasteiger partial charge on any atom is -0.310 e. The van der Waals surface area contributed by atoms with E-state index >= 15 is 0 Å². The Labute approximate surface area is 272 Å². The maximum Gasteiger partial charge on any atom is 0.0540 e. The Morgan fingerprint density at radius 1 is 0.348 bits per heavy atom. The first-order valence-corrected chi connectivity index (χ1v) is 16.5. The normalized spacial score (nSPS) is 11.5. The Hall–Kier alpha value is -5.70. The molecule has 0 aliphatic heterocycles. The Bertz CT molecular complexity index is 2520. The highest BCUT2D eigenvalue weighted by atomic mass is 32.1. The van der Waals surface area contributed by atoms with E-state index in [0.717, 1.165) is 17.1 Å². The van der Waals surface area contributed by atoms with E-state index in [2.05, 4.69) is 181 Å². The van der Waals surface area contributed by atoms with Crippen molar-refractivity contribution in [2.75, 3.05) is 4.90 Å². The zero-order chi connectivity index (χ0) is 30.5. The van der Waals surface area contributed by atoms with E-state index in [1.165, 1.54) is 64.0 Å². The Morgan fingerprint density at radius 2 is 1.02 bits per heavy atom. The lowest BCUT2D eigenvalue weighted by atomic mass is 9.96. The topological polar surface area (TPSA) is 3.24 Å². The lowest BCUT2D eigenvalue weighted by Crippen LogP contribution is -2.11. The van der Waals surface area contributed by atoms with Crippen molar-refractivity contribution >= 4 is 70.1 Å². The van der Waals surface area contributed by atoms with Gasteiger partial charge in [-0.15, -0.1) is 11.3 Å². The van der Waals surface area contributed by atoms with Gasteiger partial charge in [-0.2, -0.15) is 0 Å². The van der Waals surface area contributed by atoms with Crippen molar-refractivity contribution in [1.82, 2.24) is 0 Å². The highest BCUT2D eigenvalue weighted by molar-refractivity contribution is 7.25. The summed E-state index contributed by atoms with van der Waals surface area (Å²) in [6.45, 7) is 0. The van der Waals surface area contributed by atoms with Gasteiger partial charge >= 0.3 is 0 Å². The third-order valence-electron chi connectivity index (χ3n) is 9.03. The SMILES string of the molecule is c1ccc(-c2ccc(N(c3ccc4cc5c(cc4c3)sc3ccccc35)c3ccccc3-c3cccc4ccccc34)cc2)cc1. The van der Waals surface area contributed by atoms with Gasteiger partial charge in [0.1, 0.15) is 0 Å². The summed E-state index contributed by atoms with van der Waals surface area (Å²) >= 11 is 1.87. The molecule has 0 unspecified atom stereocenters. The van der Waals surface area contributed by atoms with Crippen LogP contribution in [0.25, 0.3) is 64.0 Å². The number of anilines is 3. The molecule has 8 aromatic carbocycles. The molecule has 0 amide bonds. The molecule has 0 N–H and O–H groups in total. The van der Waals surface area contributed by atoms with Gasteiger partial charge in [0.2, 0.25) is 0 Å². The number of hydrogen-bond acceptors (Lipinski definition) is 2. The zero-order valence-corrected chi connectivity index (χ0v) is 25.9. The van der Waals surface area contributed by atoms with Gasteiger partial charge in [-0.1, -0.05) is 127 Å². The predicted molar refractivity (Wildman–Crippen MR) is 200 cm³/mol. The second kappa shape index (κ2) is 11.0. The van der Waals surface area contributed by atoms with Crippen LogP contribution in [0.3, 0.4) is 0 Å². The number of thiophene rings is 1. The molecule has 1 heterocycles. The summed E-state index contributed by atoms with van der Waals surface area (Å²) in [5.41, 5.74) is 8.25. The maximum atomic E-state index is 2.42. The monoisotopic (exact) mass is 603 g/mol. The molecule has 0 fully saturated rings. The minimum atomic E-state index is 1.12. The average Bonchev–Trinajstić information content (AvgIpc) is 3.49. The van der Waals surface area contributed by atoms with Crippen molar-refractivity contribution in [3.05, 3.63) is 176 Å². The van der Waals surface area contributed by atoms with Crippen LogP contribution >= 0.6 is 11.3 Å². The second-order valence-corrected chi connectivity index (χ2v) is 12.9. The third-order valence-corrected chi connectivity index (χ3v) is 10.2. The summed E-state index contributed by atoms with van der Waals surface area (Å²) < 4.78 is 2.65. The summed E-state index contributed by atoms with van der Waals surface area (Å²) in [4.78, 5) is 2.42. The predicted octanol–water partition coefficient (Wildman–Crippen LogP) is 13.2. The van der Waals surface area contributed by atoms with Crippen molar-refractivity contribution in [3.63, 3.8) is 0 Å². The molecular formula is C44H29NS. The molecule has 9 aromatic rings. The lowest BCUT2D eigenvalue weighted by Gasteiger charge is -2.28. The first-order valence-electron chi connectivity index (χ1n) is 15.7. The van der Waals surface area contributed by atoms with E-state index < -0.39 is 0 Å². The molecule has 1 aromatic heterocycles. The first-order chi connectivity index (χ1) is 22.8. The van der Waals surface area contributed by atoms with Crippen molar-refractivity contribution in [3.8, 4) is 22.3 Å². The molecule has 0 aliphatic carbocycles. The Balaban J connectivity index is 1.25. The zero-order valence-electron chi connectivity index (χ0n) is 25.1. The smallest absolute Gasteiger partial charge is 0.0540 e. The van der Waals surface area contributed by atoms with Crippen LogP contribution in [0.5, 0.6) is 0 Å². The molecular weight excluding hydrogens is 575 g/mol. The molecule has 46 heavy (non-hydrogen) atoms. The van der Waals surface area contributed by atoms with Gasteiger partial charge in [0.05, 0.1) is 5.69 Å².